The third-order valence-corrected chi connectivity index (χ3v) is 5.89. The van der Waals surface area contributed by atoms with Crippen LogP contribution in [0.3, 0.4) is 0 Å². The molecule has 0 spiro atoms. The van der Waals surface area contributed by atoms with Gasteiger partial charge >= 0.3 is 0 Å². The normalized spacial score (nSPS) is 10.3. The average Bonchev–Trinajstić information content (AvgIpc) is 3.26. The van der Waals surface area contributed by atoms with Gasteiger partial charge in [-0.1, -0.05) is 42.1 Å². The molecule has 8 nitrogen and oxygen atoms in total. The zero-order chi connectivity index (χ0) is 24.2. The molecular weight excluding hydrogens is 448 g/mol. The quantitative estimate of drug-likeness (QED) is 0.365. The number of carbonyl (C=O) groups is 1. The van der Waals surface area contributed by atoms with Gasteiger partial charge in [0.1, 0.15) is 11.6 Å². The topological polar surface area (TPSA) is 108 Å². The Kier molecular flexibility index (Phi) is 9.51. The number of hydrogen-bond donors (Lipinski definition) is 0. The molecule has 2 aromatic carbocycles. The summed E-state index contributed by atoms with van der Waals surface area (Å²) in [7, 11) is 0. The number of nitrogens with zero attached hydrogens (tertiary/aromatic N) is 6. The van der Waals surface area contributed by atoms with E-state index in [1.165, 1.54) is 11.8 Å². The Morgan fingerprint density at radius 3 is 2.32 bits per heavy atom. The molecule has 0 aliphatic rings. The van der Waals surface area contributed by atoms with Crippen LogP contribution in [0.25, 0.3) is 5.69 Å². The van der Waals surface area contributed by atoms with Gasteiger partial charge in [0.15, 0.2) is 5.16 Å². The molecule has 0 saturated heterocycles. The van der Waals surface area contributed by atoms with Crippen LogP contribution in [-0.4, -0.2) is 51.0 Å². The Morgan fingerprint density at radius 1 is 1.03 bits per heavy atom. The van der Waals surface area contributed by atoms with Gasteiger partial charge in [-0.15, -0.1) is 10.2 Å². The average molecular weight is 475 g/mol. The maximum Gasteiger partial charge on any atom is 0.233 e. The minimum atomic E-state index is -0.138. The second kappa shape index (κ2) is 13.0. The number of ether oxygens (including phenoxy) is 1. The monoisotopic (exact) mass is 474 g/mol. The predicted octanol–water partition coefficient (Wildman–Crippen LogP) is 4.00. The van der Waals surface area contributed by atoms with E-state index in [0.717, 1.165) is 22.8 Å². The molecule has 1 aromatic heterocycles. The van der Waals surface area contributed by atoms with Gasteiger partial charge in [-0.25, -0.2) is 0 Å². The third kappa shape index (κ3) is 6.84. The van der Waals surface area contributed by atoms with Gasteiger partial charge in [-0.2, -0.15) is 10.5 Å². The van der Waals surface area contributed by atoms with E-state index in [0.29, 0.717) is 31.3 Å². The van der Waals surface area contributed by atoms with E-state index in [2.05, 4.69) is 22.3 Å². The van der Waals surface area contributed by atoms with Gasteiger partial charge in [0, 0.05) is 25.2 Å². The van der Waals surface area contributed by atoms with Gasteiger partial charge in [-0.3, -0.25) is 9.36 Å². The number of benzene rings is 2. The van der Waals surface area contributed by atoms with Gasteiger partial charge in [0.25, 0.3) is 0 Å². The molecule has 0 bridgehead atoms. The number of nitriles is 2. The van der Waals surface area contributed by atoms with Crippen molar-refractivity contribution in [3.8, 4) is 23.6 Å². The minimum Gasteiger partial charge on any atom is -0.494 e. The standard InChI is InChI=1S/C25H26N6O2S/c1-2-33-22-12-10-21(11-13-22)31-23(18-20-8-4-3-5-9-20)28-29-25(31)34-19-24(32)30(16-6-14-26)17-7-15-27/h3-5,8-13H,2,6-7,16-19H2,1H3. The molecule has 0 unspecified atom stereocenters. The SMILES string of the molecule is CCOc1ccc(-n2c(Cc3ccccc3)nnc2SCC(=O)N(CCC#N)CCC#N)cc1. The fourth-order valence-corrected chi connectivity index (χ4v) is 4.23. The molecule has 174 valence electrons. The fourth-order valence-electron chi connectivity index (χ4n) is 3.35. The van der Waals surface area contributed by atoms with Crippen molar-refractivity contribution in [2.75, 3.05) is 25.4 Å². The molecule has 0 atom stereocenters. The Balaban J connectivity index is 1.84. The highest BCUT2D eigenvalue weighted by Crippen LogP contribution is 2.25. The highest BCUT2D eigenvalue weighted by Gasteiger charge is 2.19. The number of rotatable bonds is 12. The molecule has 3 aromatic rings. The van der Waals surface area contributed by atoms with E-state index < -0.39 is 0 Å². The van der Waals surface area contributed by atoms with Crippen molar-refractivity contribution >= 4 is 17.7 Å². The molecule has 1 amide bonds. The first kappa shape index (κ1) is 24.8. The van der Waals surface area contributed by atoms with Crippen molar-refractivity contribution in [3.63, 3.8) is 0 Å². The molecule has 0 N–H and O–H groups in total. The maximum absolute atomic E-state index is 12.8. The smallest absolute Gasteiger partial charge is 0.233 e. The fraction of sp³-hybridized carbons (Fsp3) is 0.320. The maximum atomic E-state index is 12.8. The lowest BCUT2D eigenvalue weighted by molar-refractivity contribution is -0.128. The van der Waals surface area contributed by atoms with Crippen LogP contribution in [0.4, 0.5) is 0 Å². The second-order valence-electron chi connectivity index (χ2n) is 7.31. The minimum absolute atomic E-state index is 0.136. The van der Waals surface area contributed by atoms with Crippen molar-refractivity contribution in [2.24, 2.45) is 0 Å². The molecule has 0 radical (unpaired) electrons. The summed E-state index contributed by atoms with van der Waals surface area (Å²) in [4.78, 5) is 14.4. The van der Waals surface area contributed by atoms with E-state index >= 15 is 0 Å². The Labute approximate surface area is 203 Å². The Bertz CT molecular complexity index is 1130. The van der Waals surface area contributed by atoms with Crippen LogP contribution < -0.4 is 4.74 Å². The lowest BCUT2D eigenvalue weighted by Gasteiger charge is -2.20. The first-order chi connectivity index (χ1) is 16.7. The van der Waals surface area contributed by atoms with Crippen LogP contribution in [0.1, 0.15) is 31.2 Å². The van der Waals surface area contributed by atoms with Crippen molar-refractivity contribution in [1.82, 2.24) is 19.7 Å². The van der Waals surface area contributed by atoms with Crippen LogP contribution in [-0.2, 0) is 11.2 Å². The highest BCUT2D eigenvalue weighted by atomic mass is 32.2. The highest BCUT2D eigenvalue weighted by molar-refractivity contribution is 7.99. The molecule has 3 rings (SSSR count). The van der Waals surface area contributed by atoms with Gasteiger partial charge in [0.2, 0.25) is 5.91 Å². The van der Waals surface area contributed by atoms with E-state index in [9.17, 15) is 4.79 Å². The summed E-state index contributed by atoms with van der Waals surface area (Å²) in [5, 5.41) is 27.2. The summed E-state index contributed by atoms with van der Waals surface area (Å²) < 4.78 is 7.52. The molecule has 34 heavy (non-hydrogen) atoms. The lowest BCUT2D eigenvalue weighted by Crippen LogP contribution is -2.34. The first-order valence-corrected chi connectivity index (χ1v) is 12.0. The molecular formula is C25H26N6O2S. The third-order valence-electron chi connectivity index (χ3n) is 4.98. The molecule has 0 fully saturated rings. The molecule has 0 aliphatic carbocycles. The van der Waals surface area contributed by atoms with Gasteiger partial charge in [-0.05, 0) is 36.8 Å². The molecule has 0 saturated carbocycles. The lowest BCUT2D eigenvalue weighted by atomic mass is 10.1. The predicted molar refractivity (Wildman–Crippen MR) is 130 cm³/mol. The number of amides is 1. The van der Waals surface area contributed by atoms with E-state index in [4.69, 9.17) is 15.3 Å². The van der Waals surface area contributed by atoms with Crippen LogP contribution >= 0.6 is 11.8 Å². The van der Waals surface area contributed by atoms with Crippen molar-refractivity contribution in [1.29, 1.82) is 10.5 Å². The van der Waals surface area contributed by atoms with E-state index in [1.807, 2.05) is 66.1 Å². The van der Waals surface area contributed by atoms with Crippen LogP contribution in [0.2, 0.25) is 0 Å². The summed E-state index contributed by atoms with van der Waals surface area (Å²) in [5.41, 5.74) is 1.98. The van der Waals surface area contributed by atoms with Crippen LogP contribution in [0, 0.1) is 22.7 Å². The van der Waals surface area contributed by atoms with Gasteiger partial charge in [0.05, 0.1) is 37.3 Å². The molecule has 9 heteroatoms. The zero-order valence-corrected chi connectivity index (χ0v) is 19.9. The van der Waals surface area contributed by atoms with Gasteiger partial charge < -0.3 is 9.64 Å². The summed E-state index contributed by atoms with van der Waals surface area (Å²) in [5.74, 6) is 1.54. The zero-order valence-electron chi connectivity index (χ0n) is 19.1. The van der Waals surface area contributed by atoms with E-state index in [1.54, 1.807) is 4.90 Å². The van der Waals surface area contributed by atoms with Crippen molar-refractivity contribution < 1.29 is 9.53 Å². The summed E-state index contributed by atoms with van der Waals surface area (Å²) >= 11 is 1.29. The summed E-state index contributed by atoms with van der Waals surface area (Å²) in [6, 6.07) is 21.8. The first-order valence-electron chi connectivity index (χ1n) is 11.0. The number of aromatic nitrogens is 3. The summed E-state index contributed by atoms with van der Waals surface area (Å²) in [6.07, 6.45) is 1.04. The molecule has 1 heterocycles. The van der Waals surface area contributed by atoms with Crippen LogP contribution in [0.15, 0.2) is 59.8 Å². The van der Waals surface area contributed by atoms with E-state index in [-0.39, 0.29) is 24.5 Å². The van der Waals surface area contributed by atoms with Crippen molar-refractivity contribution in [2.45, 2.75) is 31.3 Å². The Hall–Kier alpha value is -3.82. The molecule has 0 aliphatic heterocycles. The number of carbonyl (C=O) groups excluding carboxylic acids is 1. The summed E-state index contributed by atoms with van der Waals surface area (Å²) in [6.45, 7) is 3.14. The number of thioether (sulfide) groups is 1. The van der Waals surface area contributed by atoms with Crippen LogP contribution in [0.5, 0.6) is 5.75 Å². The largest absolute Gasteiger partial charge is 0.494 e. The Morgan fingerprint density at radius 2 is 1.71 bits per heavy atom. The van der Waals surface area contributed by atoms with Crippen molar-refractivity contribution in [3.05, 3.63) is 66.0 Å². The second-order valence-corrected chi connectivity index (χ2v) is 8.25. The number of hydrogen-bond acceptors (Lipinski definition) is 7.